The molecule has 12 heteroatoms. The molecule has 2 heterocycles. The van der Waals surface area contributed by atoms with E-state index in [4.69, 9.17) is 19.9 Å². The predicted octanol–water partition coefficient (Wildman–Crippen LogP) is 3.74. The second kappa shape index (κ2) is 13.2. The lowest BCUT2D eigenvalue weighted by atomic mass is 9.86. The average Bonchev–Trinajstić information content (AvgIpc) is 3.50. The summed E-state index contributed by atoms with van der Waals surface area (Å²) >= 11 is 0. The van der Waals surface area contributed by atoms with Gasteiger partial charge < -0.3 is 25.1 Å². The van der Waals surface area contributed by atoms with Gasteiger partial charge in [0.25, 0.3) is 0 Å². The zero-order valence-corrected chi connectivity index (χ0v) is 25.2. The Morgan fingerprint density at radius 1 is 1.12 bits per heavy atom. The minimum Gasteiger partial charge on any atom is -0.462 e. The topological polar surface area (TPSA) is 128 Å². The summed E-state index contributed by atoms with van der Waals surface area (Å²) < 4.78 is 73.9. The molecule has 1 aliphatic carbocycles. The second-order valence-electron chi connectivity index (χ2n) is 12.4. The Morgan fingerprint density at radius 3 is 2.49 bits per heavy atom. The highest BCUT2D eigenvalue weighted by atomic mass is 32.2. The Bertz CT molecular complexity index is 1370. The number of sulfonamides is 1. The molecule has 2 aromatic rings. The molecule has 3 N–H and O–H groups in total. The lowest BCUT2D eigenvalue weighted by Crippen LogP contribution is -2.43. The third-order valence-electron chi connectivity index (χ3n) is 8.73. The fourth-order valence-electron chi connectivity index (χ4n) is 6.79. The van der Waals surface area contributed by atoms with Gasteiger partial charge in [-0.1, -0.05) is 13.8 Å². The molecule has 2 aliphatic heterocycles. The van der Waals surface area contributed by atoms with Crippen molar-refractivity contribution in [3.8, 4) is 0 Å². The molecule has 1 saturated carbocycles. The van der Waals surface area contributed by atoms with Crippen LogP contribution in [0.3, 0.4) is 0 Å². The monoisotopic (exact) mass is 622 g/mol. The van der Waals surface area contributed by atoms with Gasteiger partial charge in [-0.3, -0.25) is 4.79 Å². The maximum atomic E-state index is 14.1. The van der Waals surface area contributed by atoms with Crippen LogP contribution in [0, 0.1) is 41.2 Å². The minimum absolute atomic E-state index is 0.0169. The number of aliphatic hydroxyl groups excluding tert-OH is 1. The van der Waals surface area contributed by atoms with E-state index in [1.807, 2.05) is 13.8 Å². The quantitative estimate of drug-likeness (QED) is 0.271. The molecule has 3 unspecified atom stereocenters. The van der Waals surface area contributed by atoms with Crippen LogP contribution in [0.15, 0.2) is 47.4 Å². The Hall–Kier alpha value is -2.64. The Balaban J connectivity index is 1.35. The van der Waals surface area contributed by atoms with Crippen molar-refractivity contribution in [2.75, 3.05) is 32.0 Å². The van der Waals surface area contributed by atoms with Gasteiger partial charge in [-0.15, -0.1) is 0 Å². The third-order valence-corrected chi connectivity index (χ3v) is 10.6. The van der Waals surface area contributed by atoms with E-state index >= 15 is 0 Å². The van der Waals surface area contributed by atoms with Gasteiger partial charge in [0, 0.05) is 42.6 Å². The number of nitrogens with two attached hydrogens (primary N) is 1. The number of rotatable bonds is 12. The lowest BCUT2D eigenvalue weighted by Gasteiger charge is -2.33. The highest BCUT2D eigenvalue weighted by molar-refractivity contribution is 7.89. The summed E-state index contributed by atoms with van der Waals surface area (Å²) in [7, 11) is -4.04. The van der Waals surface area contributed by atoms with Crippen LogP contribution >= 0.6 is 0 Å². The summed E-state index contributed by atoms with van der Waals surface area (Å²) in [5.74, 6) is -2.55. The van der Waals surface area contributed by atoms with Crippen molar-refractivity contribution in [2.24, 2.45) is 29.6 Å². The van der Waals surface area contributed by atoms with Gasteiger partial charge >= 0.3 is 5.97 Å². The lowest BCUT2D eigenvalue weighted by molar-refractivity contribution is -0.182. The van der Waals surface area contributed by atoms with Crippen LogP contribution < -0.4 is 5.73 Å². The summed E-state index contributed by atoms with van der Waals surface area (Å²) in [5.41, 5.74) is 6.39. The van der Waals surface area contributed by atoms with Gasteiger partial charge in [0.2, 0.25) is 10.0 Å². The largest absolute Gasteiger partial charge is 0.462 e. The number of benzene rings is 2. The van der Waals surface area contributed by atoms with Crippen molar-refractivity contribution >= 4 is 21.7 Å². The van der Waals surface area contributed by atoms with E-state index in [1.165, 1.54) is 28.6 Å². The summed E-state index contributed by atoms with van der Waals surface area (Å²) in [6.45, 7) is 4.56. The van der Waals surface area contributed by atoms with Crippen LogP contribution in [0.4, 0.5) is 14.5 Å². The molecule has 3 aliphatic rings. The number of esters is 1. The summed E-state index contributed by atoms with van der Waals surface area (Å²) in [4.78, 5) is 13.4. The number of ether oxygens (including phenoxy) is 3. The maximum Gasteiger partial charge on any atom is 0.306 e. The van der Waals surface area contributed by atoms with E-state index in [9.17, 15) is 27.1 Å². The fraction of sp³-hybridized carbons (Fsp3) is 0.581. The summed E-state index contributed by atoms with van der Waals surface area (Å²) in [5, 5.41) is 11.5. The number of carbonyl (C=O) groups excluding carboxylic acids is 1. The van der Waals surface area contributed by atoms with Crippen LogP contribution in [0.2, 0.25) is 0 Å². The van der Waals surface area contributed by atoms with Crippen molar-refractivity contribution in [3.63, 3.8) is 0 Å². The van der Waals surface area contributed by atoms with Crippen molar-refractivity contribution < 1.29 is 41.3 Å². The number of carbonyl (C=O) groups is 1. The van der Waals surface area contributed by atoms with Crippen LogP contribution in [0.5, 0.6) is 0 Å². The van der Waals surface area contributed by atoms with E-state index in [2.05, 4.69) is 0 Å². The molecule has 0 aromatic heterocycles. The molecule has 0 bridgehead atoms. The van der Waals surface area contributed by atoms with E-state index < -0.39 is 39.6 Å². The van der Waals surface area contributed by atoms with Crippen LogP contribution in [0.1, 0.15) is 38.7 Å². The maximum absolute atomic E-state index is 14.1. The Kier molecular flexibility index (Phi) is 9.72. The second-order valence-corrected chi connectivity index (χ2v) is 14.4. The van der Waals surface area contributed by atoms with Crippen LogP contribution in [-0.4, -0.2) is 68.6 Å². The summed E-state index contributed by atoms with van der Waals surface area (Å²) in [6.07, 6.45) is -0.848. The molecule has 43 heavy (non-hydrogen) atoms. The van der Waals surface area contributed by atoms with E-state index in [0.717, 1.165) is 24.6 Å². The van der Waals surface area contributed by atoms with Gasteiger partial charge in [-0.2, -0.15) is 4.31 Å². The first-order valence-electron chi connectivity index (χ1n) is 14.8. The van der Waals surface area contributed by atoms with E-state index in [-0.39, 0.29) is 72.5 Å². The molecular formula is C31H40F2N2O7S. The fourth-order valence-corrected chi connectivity index (χ4v) is 8.41. The van der Waals surface area contributed by atoms with Crippen molar-refractivity contribution in [3.05, 3.63) is 59.7 Å². The predicted molar refractivity (Wildman–Crippen MR) is 154 cm³/mol. The molecule has 0 amide bonds. The van der Waals surface area contributed by atoms with Crippen LogP contribution in [-0.2, 0) is 35.4 Å². The molecule has 2 aromatic carbocycles. The molecule has 3 fully saturated rings. The number of hydrogen-bond donors (Lipinski definition) is 2. The number of nitrogen functional groups attached to an aromatic ring is 1. The number of halogens is 2. The third kappa shape index (κ3) is 7.37. The Morgan fingerprint density at radius 2 is 1.81 bits per heavy atom. The molecule has 9 nitrogen and oxygen atoms in total. The molecule has 7 atom stereocenters. The van der Waals surface area contributed by atoms with Crippen molar-refractivity contribution in [1.29, 1.82) is 0 Å². The molecule has 0 spiro atoms. The van der Waals surface area contributed by atoms with Crippen molar-refractivity contribution in [2.45, 2.75) is 62.9 Å². The molecule has 5 rings (SSSR count). The van der Waals surface area contributed by atoms with Gasteiger partial charge in [0.1, 0.15) is 17.7 Å². The zero-order chi connectivity index (χ0) is 30.9. The first-order chi connectivity index (χ1) is 20.4. The van der Waals surface area contributed by atoms with Crippen LogP contribution in [0.25, 0.3) is 0 Å². The van der Waals surface area contributed by atoms with Gasteiger partial charge in [-0.05, 0) is 73.1 Å². The molecule has 236 valence electrons. The number of hydrogen-bond acceptors (Lipinski definition) is 8. The SMILES string of the molecule is CC(C)CN(C[C@@H](O)C(CC(=O)O[C@@H]1CC2CO[C@@H]3OCCC1[C@H]23)Cc1cc(F)cc(F)c1)S(=O)(=O)c1ccc(N)cc1. The normalized spacial score (nSPS) is 26.4. The van der Waals surface area contributed by atoms with E-state index in [0.29, 0.717) is 25.3 Å². The molecular weight excluding hydrogens is 582 g/mol. The van der Waals surface area contributed by atoms with Gasteiger partial charge in [0.05, 0.1) is 30.6 Å². The first-order valence-corrected chi connectivity index (χ1v) is 16.3. The van der Waals surface area contributed by atoms with Gasteiger partial charge in [-0.25, -0.2) is 17.2 Å². The first kappa shape index (κ1) is 31.8. The highest BCUT2D eigenvalue weighted by Gasteiger charge is 2.54. The minimum atomic E-state index is -4.04. The van der Waals surface area contributed by atoms with Crippen molar-refractivity contribution in [1.82, 2.24) is 4.31 Å². The highest BCUT2D eigenvalue weighted by Crippen LogP contribution is 2.50. The average molecular weight is 623 g/mol. The zero-order valence-electron chi connectivity index (χ0n) is 24.4. The van der Waals surface area contributed by atoms with Gasteiger partial charge in [0.15, 0.2) is 6.29 Å². The standard InChI is InChI=1S/C31H40F2N2O7S/c1-18(2)15-35(43(38,39)25-5-3-24(34)4-6-25)16-27(36)20(9-19-10-22(32)14-23(33)11-19)13-29(37)42-28-12-21-17-41-31-30(21)26(28)7-8-40-31/h3-6,10-11,14,18,20-21,26-28,30-31,36H,7-9,12-13,15-17,34H2,1-2H3/t20?,21?,26?,27-,28-,30+,31+/m1/s1. The van der Waals surface area contributed by atoms with E-state index in [1.54, 1.807) is 0 Å². The molecule has 2 saturated heterocycles. The Labute approximate surface area is 251 Å². The summed E-state index contributed by atoms with van der Waals surface area (Å²) in [6, 6.07) is 8.80. The number of aliphatic hydroxyl groups is 1. The smallest absolute Gasteiger partial charge is 0.306 e. The number of anilines is 1. The molecule has 0 radical (unpaired) electrons. The number of nitrogens with zero attached hydrogens (tertiary/aromatic N) is 1.